The molecule has 0 amide bonds. The lowest BCUT2D eigenvalue weighted by atomic mass is 10.2. The van der Waals surface area contributed by atoms with Crippen LogP contribution >= 0.6 is 11.3 Å². The van der Waals surface area contributed by atoms with Crippen molar-refractivity contribution in [2.75, 3.05) is 0 Å². The van der Waals surface area contributed by atoms with Crippen LogP contribution in [0, 0.1) is 17.1 Å². The molecule has 4 aromatic rings. The minimum Gasteiger partial charge on any atom is -0.265 e. The van der Waals surface area contributed by atoms with Gasteiger partial charge in [-0.25, -0.2) is 9.37 Å². The fourth-order valence-electron chi connectivity index (χ4n) is 2.30. The van der Waals surface area contributed by atoms with Crippen LogP contribution in [0.1, 0.15) is 5.69 Å². The largest absolute Gasteiger partial charge is 0.265 e. The van der Waals surface area contributed by atoms with Crippen LogP contribution in [0.5, 0.6) is 0 Å². The molecule has 0 aliphatic carbocycles. The molecule has 0 spiro atoms. The molecule has 0 bridgehead atoms. The highest BCUT2D eigenvalue weighted by Crippen LogP contribution is 2.30. The molecule has 7 heteroatoms. The standard InChI is InChI=1S/C16H8FN5S/c17-12-3-1-2-11(8-12)15-21-22-13(9-18)14(20-16(22)23-15)10-4-6-19-7-5-10/h1-8H. The Morgan fingerprint density at radius 1 is 1.13 bits per heavy atom. The Hall–Kier alpha value is -3.11. The van der Waals surface area contributed by atoms with E-state index in [0.717, 1.165) is 5.56 Å². The zero-order chi connectivity index (χ0) is 15.8. The number of imidazole rings is 1. The summed E-state index contributed by atoms with van der Waals surface area (Å²) < 4.78 is 14.9. The molecule has 1 aromatic carbocycles. The highest BCUT2D eigenvalue weighted by Gasteiger charge is 2.18. The van der Waals surface area contributed by atoms with Gasteiger partial charge in [0.15, 0.2) is 5.69 Å². The van der Waals surface area contributed by atoms with Crippen LogP contribution < -0.4 is 0 Å². The fourth-order valence-corrected chi connectivity index (χ4v) is 3.19. The predicted octanol–water partition coefficient (Wildman–Crippen LogP) is 3.53. The SMILES string of the molecule is N#Cc1c(-c2ccncc2)nc2sc(-c3cccc(F)c3)nn12. The maximum absolute atomic E-state index is 13.4. The summed E-state index contributed by atoms with van der Waals surface area (Å²) in [5.74, 6) is -0.326. The normalized spacial score (nSPS) is 10.8. The van der Waals surface area contributed by atoms with E-state index in [2.05, 4.69) is 21.1 Å². The van der Waals surface area contributed by atoms with Crippen molar-refractivity contribution >= 4 is 16.3 Å². The monoisotopic (exact) mass is 321 g/mol. The second-order valence-electron chi connectivity index (χ2n) is 4.77. The predicted molar refractivity (Wildman–Crippen MR) is 84.2 cm³/mol. The Morgan fingerprint density at radius 3 is 2.70 bits per heavy atom. The minimum absolute atomic E-state index is 0.326. The van der Waals surface area contributed by atoms with E-state index >= 15 is 0 Å². The summed E-state index contributed by atoms with van der Waals surface area (Å²) in [6.07, 6.45) is 3.30. The zero-order valence-electron chi connectivity index (χ0n) is 11.6. The lowest BCUT2D eigenvalue weighted by molar-refractivity contribution is 0.628. The summed E-state index contributed by atoms with van der Waals surface area (Å²) in [6, 6.07) is 11.9. The zero-order valence-corrected chi connectivity index (χ0v) is 12.5. The second kappa shape index (κ2) is 5.26. The van der Waals surface area contributed by atoms with Gasteiger partial charge >= 0.3 is 0 Å². The van der Waals surface area contributed by atoms with Crippen molar-refractivity contribution in [3.05, 3.63) is 60.3 Å². The first-order valence-electron chi connectivity index (χ1n) is 6.72. The van der Waals surface area contributed by atoms with Gasteiger partial charge in [0.2, 0.25) is 4.96 Å². The summed E-state index contributed by atoms with van der Waals surface area (Å²) in [7, 11) is 0. The molecular weight excluding hydrogens is 313 g/mol. The van der Waals surface area contributed by atoms with Crippen LogP contribution in [0.3, 0.4) is 0 Å². The third kappa shape index (κ3) is 2.25. The molecule has 0 N–H and O–H groups in total. The van der Waals surface area contributed by atoms with Crippen molar-refractivity contribution in [2.24, 2.45) is 0 Å². The summed E-state index contributed by atoms with van der Waals surface area (Å²) in [5, 5.41) is 14.5. The number of halogens is 1. The van der Waals surface area contributed by atoms with Gasteiger partial charge in [-0.05, 0) is 24.3 Å². The second-order valence-corrected chi connectivity index (χ2v) is 5.72. The number of benzene rings is 1. The first kappa shape index (κ1) is 13.5. The molecule has 0 unspecified atom stereocenters. The quantitative estimate of drug-likeness (QED) is 0.566. The number of rotatable bonds is 2. The molecule has 3 heterocycles. The van der Waals surface area contributed by atoms with Crippen LogP contribution in [0.2, 0.25) is 0 Å². The molecule has 0 fully saturated rings. The number of nitriles is 1. The van der Waals surface area contributed by atoms with E-state index in [1.54, 1.807) is 36.7 Å². The molecule has 0 atom stereocenters. The molecule has 0 aliphatic rings. The van der Waals surface area contributed by atoms with Crippen molar-refractivity contribution in [2.45, 2.75) is 0 Å². The van der Waals surface area contributed by atoms with E-state index in [0.29, 0.717) is 26.9 Å². The van der Waals surface area contributed by atoms with Crippen LogP contribution in [0.25, 0.3) is 26.8 Å². The minimum atomic E-state index is -0.326. The third-order valence-electron chi connectivity index (χ3n) is 3.33. The number of aromatic nitrogens is 4. The molecule has 23 heavy (non-hydrogen) atoms. The van der Waals surface area contributed by atoms with Gasteiger partial charge in [-0.1, -0.05) is 23.5 Å². The van der Waals surface area contributed by atoms with Gasteiger partial charge in [-0.2, -0.15) is 14.9 Å². The van der Waals surface area contributed by atoms with Gasteiger partial charge < -0.3 is 0 Å². The maximum atomic E-state index is 13.4. The van der Waals surface area contributed by atoms with Crippen molar-refractivity contribution in [3.63, 3.8) is 0 Å². The fraction of sp³-hybridized carbons (Fsp3) is 0. The topological polar surface area (TPSA) is 66.9 Å². The molecule has 0 saturated carbocycles. The summed E-state index contributed by atoms with van der Waals surface area (Å²) in [4.78, 5) is 9.05. The molecule has 4 rings (SSSR count). The Labute approximate surface area is 134 Å². The third-order valence-corrected chi connectivity index (χ3v) is 4.29. The molecule has 0 radical (unpaired) electrons. The van der Waals surface area contributed by atoms with E-state index in [4.69, 9.17) is 0 Å². The van der Waals surface area contributed by atoms with E-state index in [1.807, 2.05) is 0 Å². The van der Waals surface area contributed by atoms with Gasteiger partial charge in [0.05, 0.1) is 0 Å². The van der Waals surface area contributed by atoms with Gasteiger partial charge in [-0.15, -0.1) is 0 Å². The first-order chi connectivity index (χ1) is 11.3. The van der Waals surface area contributed by atoms with Gasteiger partial charge in [0.25, 0.3) is 0 Å². The van der Waals surface area contributed by atoms with Crippen molar-refractivity contribution < 1.29 is 4.39 Å². The number of hydrogen-bond acceptors (Lipinski definition) is 5. The average molecular weight is 321 g/mol. The van der Waals surface area contributed by atoms with E-state index < -0.39 is 0 Å². The van der Waals surface area contributed by atoms with Crippen molar-refractivity contribution in [1.82, 2.24) is 19.6 Å². The van der Waals surface area contributed by atoms with Crippen LogP contribution in [0.15, 0.2) is 48.8 Å². The Bertz CT molecular complexity index is 1050. The molecular formula is C16H8FN5S. The molecule has 110 valence electrons. The maximum Gasteiger partial charge on any atom is 0.214 e. The van der Waals surface area contributed by atoms with Gasteiger partial charge in [-0.3, -0.25) is 4.98 Å². The number of nitrogens with zero attached hydrogens (tertiary/aromatic N) is 5. The van der Waals surface area contributed by atoms with E-state index in [9.17, 15) is 9.65 Å². The molecule has 0 saturated heterocycles. The van der Waals surface area contributed by atoms with E-state index in [-0.39, 0.29) is 5.82 Å². The molecule has 5 nitrogen and oxygen atoms in total. The van der Waals surface area contributed by atoms with Crippen molar-refractivity contribution in [3.8, 4) is 27.9 Å². The van der Waals surface area contributed by atoms with Crippen LogP contribution in [-0.4, -0.2) is 19.6 Å². The van der Waals surface area contributed by atoms with Crippen LogP contribution in [0.4, 0.5) is 4.39 Å². The average Bonchev–Trinajstić information content (AvgIpc) is 3.13. The number of pyridine rings is 1. The van der Waals surface area contributed by atoms with Gasteiger partial charge in [0.1, 0.15) is 22.6 Å². The van der Waals surface area contributed by atoms with Crippen LogP contribution in [-0.2, 0) is 0 Å². The Balaban J connectivity index is 1.89. The van der Waals surface area contributed by atoms with Gasteiger partial charge in [0, 0.05) is 23.5 Å². The summed E-state index contributed by atoms with van der Waals surface area (Å²) in [6.45, 7) is 0. The lowest BCUT2D eigenvalue weighted by Crippen LogP contribution is -1.91. The van der Waals surface area contributed by atoms with Crippen molar-refractivity contribution in [1.29, 1.82) is 5.26 Å². The molecule has 0 aliphatic heterocycles. The first-order valence-corrected chi connectivity index (χ1v) is 7.54. The number of fused-ring (bicyclic) bond motifs is 1. The Morgan fingerprint density at radius 2 is 1.96 bits per heavy atom. The highest BCUT2D eigenvalue weighted by molar-refractivity contribution is 7.19. The summed E-state index contributed by atoms with van der Waals surface area (Å²) >= 11 is 1.31. The smallest absolute Gasteiger partial charge is 0.214 e. The molecule has 3 aromatic heterocycles. The number of hydrogen-bond donors (Lipinski definition) is 0. The summed E-state index contributed by atoms with van der Waals surface area (Å²) in [5.41, 5.74) is 2.39. The van der Waals surface area contributed by atoms with E-state index in [1.165, 1.54) is 28.0 Å². The highest BCUT2D eigenvalue weighted by atomic mass is 32.1. The Kier molecular flexibility index (Phi) is 3.10. The lowest BCUT2D eigenvalue weighted by Gasteiger charge is -1.97.